The first-order valence-corrected chi connectivity index (χ1v) is 13.4. The van der Waals surface area contributed by atoms with Crippen LogP contribution in [-0.2, 0) is 25.6 Å². The minimum absolute atomic E-state index is 0.0596. The van der Waals surface area contributed by atoms with E-state index in [0.29, 0.717) is 28.7 Å². The minimum Gasteiger partial charge on any atom is -0.507 e. The van der Waals surface area contributed by atoms with Crippen LogP contribution in [0, 0.1) is 22.7 Å². The number of carbonyl (C=O) groups excluding carboxylic acids is 6. The molecule has 11 heteroatoms. The normalized spacial score (nSPS) is 32.2. The lowest BCUT2D eigenvalue weighted by Gasteiger charge is -2.61. The van der Waals surface area contributed by atoms with Crippen molar-refractivity contribution in [2.75, 3.05) is 21.2 Å². The first-order valence-electron chi connectivity index (χ1n) is 13.4. The van der Waals surface area contributed by atoms with Gasteiger partial charge in [-0.15, -0.1) is 0 Å². The predicted molar refractivity (Wildman–Crippen MR) is 148 cm³/mol. The third-order valence-electron chi connectivity index (χ3n) is 9.54. The molecule has 2 saturated carbocycles. The number of benzene rings is 2. The lowest BCUT2D eigenvalue weighted by molar-refractivity contribution is -0.203. The number of amides is 1. The zero-order valence-electron chi connectivity index (χ0n) is 23.9. The van der Waals surface area contributed by atoms with Crippen molar-refractivity contribution in [3.63, 3.8) is 0 Å². The highest BCUT2D eigenvalue weighted by molar-refractivity contribution is 6.33. The van der Waals surface area contributed by atoms with Crippen LogP contribution in [0.2, 0.25) is 0 Å². The van der Waals surface area contributed by atoms with Crippen LogP contribution in [0.25, 0.3) is 11.1 Å². The van der Waals surface area contributed by atoms with E-state index in [1.807, 2.05) is 0 Å². The molecule has 2 fully saturated rings. The Morgan fingerprint density at radius 1 is 1.10 bits per heavy atom. The van der Waals surface area contributed by atoms with Gasteiger partial charge in [-0.1, -0.05) is 26.0 Å². The molecule has 0 aromatic heterocycles. The van der Waals surface area contributed by atoms with Gasteiger partial charge in [-0.2, -0.15) is 0 Å². The number of nitrogens with two attached hydrogens (primary N) is 1. The van der Waals surface area contributed by atoms with Crippen molar-refractivity contribution in [1.29, 1.82) is 0 Å². The summed E-state index contributed by atoms with van der Waals surface area (Å²) in [6.45, 7) is 3.13. The molecule has 0 radical (unpaired) electrons. The maximum atomic E-state index is 14.3. The van der Waals surface area contributed by atoms with Gasteiger partial charge in [-0.05, 0) is 67.2 Å². The molecular weight excluding hydrogens is 544 g/mol. The van der Waals surface area contributed by atoms with Crippen molar-refractivity contribution in [2.24, 2.45) is 28.4 Å². The van der Waals surface area contributed by atoms with Crippen LogP contribution in [0.4, 0.5) is 0 Å². The van der Waals surface area contributed by atoms with E-state index >= 15 is 0 Å². The summed E-state index contributed by atoms with van der Waals surface area (Å²) < 4.78 is 5.24. The number of rotatable bonds is 5. The van der Waals surface area contributed by atoms with Crippen LogP contribution in [0.5, 0.6) is 11.5 Å². The number of phenols is 1. The smallest absolute Gasteiger partial charge is 0.235 e. The number of methoxy groups -OCH3 is 1. The number of aldehydes is 1. The van der Waals surface area contributed by atoms with Crippen molar-refractivity contribution in [3.05, 3.63) is 47.0 Å². The molecule has 4 N–H and O–H groups in total. The number of aromatic hydroxyl groups is 1. The third kappa shape index (κ3) is 3.59. The van der Waals surface area contributed by atoms with Crippen LogP contribution in [-0.4, -0.2) is 83.3 Å². The number of carbonyl (C=O) groups is 6. The summed E-state index contributed by atoms with van der Waals surface area (Å²) in [6.07, 6.45) is 0.572. The van der Waals surface area contributed by atoms with Crippen LogP contribution in [0.15, 0.2) is 30.3 Å². The van der Waals surface area contributed by atoms with Crippen LogP contribution in [0.1, 0.15) is 46.5 Å². The van der Waals surface area contributed by atoms with E-state index in [9.17, 15) is 39.0 Å². The number of hydrogen-bond donors (Lipinski definition) is 3. The van der Waals surface area contributed by atoms with Gasteiger partial charge in [-0.3, -0.25) is 33.7 Å². The van der Waals surface area contributed by atoms with Crippen molar-refractivity contribution in [1.82, 2.24) is 4.90 Å². The molecule has 0 saturated heterocycles. The van der Waals surface area contributed by atoms with E-state index < -0.39 is 63.3 Å². The average Bonchev–Trinajstić information content (AvgIpc) is 2.90. The summed E-state index contributed by atoms with van der Waals surface area (Å²) in [5.41, 5.74) is 1.27. The zero-order valence-corrected chi connectivity index (χ0v) is 23.9. The van der Waals surface area contributed by atoms with Gasteiger partial charge < -0.3 is 20.7 Å². The largest absolute Gasteiger partial charge is 0.507 e. The van der Waals surface area contributed by atoms with E-state index in [0.717, 1.165) is 0 Å². The number of phenolic OH excluding ortho intramolecular Hbond substituents is 1. The maximum Gasteiger partial charge on any atom is 0.235 e. The first-order chi connectivity index (χ1) is 19.6. The molecule has 2 aromatic carbocycles. The van der Waals surface area contributed by atoms with Gasteiger partial charge in [0.15, 0.2) is 40.9 Å². The fourth-order valence-corrected chi connectivity index (χ4v) is 7.98. The predicted octanol–water partition coefficient (Wildman–Crippen LogP) is 1.14. The van der Waals surface area contributed by atoms with Crippen molar-refractivity contribution >= 4 is 35.3 Å². The van der Waals surface area contributed by atoms with Gasteiger partial charge >= 0.3 is 0 Å². The van der Waals surface area contributed by atoms with Gasteiger partial charge in [0.1, 0.15) is 11.5 Å². The van der Waals surface area contributed by atoms with E-state index in [1.54, 1.807) is 31.2 Å². The Kier molecular flexibility index (Phi) is 6.55. The Labute approximate surface area is 241 Å². The molecule has 6 atom stereocenters. The summed E-state index contributed by atoms with van der Waals surface area (Å²) in [5, 5.41) is 22.9. The summed E-state index contributed by atoms with van der Waals surface area (Å²) in [4.78, 5) is 81.1. The van der Waals surface area contributed by atoms with Gasteiger partial charge in [0.25, 0.3) is 0 Å². The highest BCUT2D eigenvalue weighted by atomic mass is 16.5. The molecule has 2 unspecified atom stereocenters. The number of hydrogen-bond acceptors (Lipinski definition) is 10. The second-order valence-corrected chi connectivity index (χ2v) is 12.3. The zero-order chi connectivity index (χ0) is 31.1. The van der Waals surface area contributed by atoms with Crippen LogP contribution >= 0.6 is 0 Å². The molecule has 0 spiro atoms. The van der Waals surface area contributed by atoms with E-state index in [2.05, 4.69) is 0 Å². The third-order valence-corrected chi connectivity index (χ3v) is 9.54. The Morgan fingerprint density at radius 2 is 1.76 bits per heavy atom. The Morgan fingerprint density at radius 3 is 2.33 bits per heavy atom. The number of likely N-dealkylation sites (N-methyl/N-ethyl adjacent to an activating group) is 1. The van der Waals surface area contributed by atoms with Gasteiger partial charge in [0, 0.05) is 5.41 Å². The number of ether oxygens (including phenoxy) is 1. The van der Waals surface area contributed by atoms with Crippen molar-refractivity contribution < 1.29 is 43.7 Å². The number of ketones is 4. The summed E-state index contributed by atoms with van der Waals surface area (Å²) >= 11 is 0. The van der Waals surface area contributed by atoms with Gasteiger partial charge in [0.05, 0.1) is 30.2 Å². The fraction of sp³-hybridized carbons (Fsp3) is 0.419. The van der Waals surface area contributed by atoms with E-state index in [1.165, 1.54) is 39.1 Å². The monoisotopic (exact) mass is 576 g/mol. The molecule has 11 nitrogen and oxygen atoms in total. The molecule has 0 bridgehead atoms. The molecule has 42 heavy (non-hydrogen) atoms. The molecule has 3 aliphatic carbocycles. The summed E-state index contributed by atoms with van der Waals surface area (Å²) in [5.74, 6) is -8.99. The van der Waals surface area contributed by atoms with Crippen LogP contribution < -0.4 is 10.5 Å². The molecule has 5 rings (SSSR count). The number of fused-ring (bicyclic) bond motifs is 3. The summed E-state index contributed by atoms with van der Waals surface area (Å²) in [6, 6.07) is 6.56. The molecular formula is C31H32N2O9. The van der Waals surface area contributed by atoms with Crippen LogP contribution in [0.3, 0.4) is 0 Å². The number of aliphatic hydroxyl groups is 1. The van der Waals surface area contributed by atoms with Crippen molar-refractivity contribution in [2.45, 2.75) is 38.3 Å². The number of primary amides is 1. The molecule has 220 valence electrons. The Hall–Kier alpha value is -4.22. The molecule has 3 aliphatic rings. The highest BCUT2D eigenvalue weighted by Gasteiger charge is 2.76. The van der Waals surface area contributed by atoms with Crippen molar-refractivity contribution in [3.8, 4) is 22.6 Å². The lowest BCUT2D eigenvalue weighted by Crippen LogP contribution is -2.79. The number of nitrogens with zero attached hydrogens (tertiary/aromatic N) is 1. The standard InChI is InChI=1S/C31H32N2O9/c1-29-11-17-16(14-6-9-19(42-5)15(10-14)12-34)7-8-18(35)20(17)23(36)22(29)27(39)31(41)26(38)21(28(32)40)24(37)25(33(3)4)30(31,2)13-29/h6-10,12,21-22,25,35,41H,11,13H2,1-5H3,(H2,32,40)/t21?,22?,25-,29+,30+,31-/m1/s1. The topological polar surface area (TPSA) is 181 Å². The second kappa shape index (κ2) is 9.40. The molecule has 0 aliphatic heterocycles. The van der Waals surface area contributed by atoms with E-state index in [4.69, 9.17) is 10.5 Å². The highest BCUT2D eigenvalue weighted by Crippen LogP contribution is 2.62. The Bertz CT molecular complexity index is 1610. The SMILES string of the molecule is COc1ccc(-c2ccc(O)c3c2C[C@@]2(C)C[C@@]4(C)[C@H](N(C)C)C(=O)C(C(N)=O)C(=O)[C@@]4(O)C(=O)C2C3=O)cc1C=O. The van der Waals surface area contributed by atoms with Gasteiger partial charge in [-0.25, -0.2) is 0 Å². The minimum atomic E-state index is -2.87. The molecule has 0 heterocycles. The van der Waals surface area contributed by atoms with Gasteiger partial charge in [0.2, 0.25) is 5.91 Å². The second-order valence-electron chi connectivity index (χ2n) is 12.3. The Balaban J connectivity index is 1.74. The number of Topliss-reactive ketones (excluding diaryl/α,β-unsaturated/α-hetero) is 4. The van der Waals surface area contributed by atoms with E-state index in [-0.39, 0.29) is 29.7 Å². The lowest BCUT2D eigenvalue weighted by atomic mass is 9.42. The molecule has 1 amide bonds. The summed E-state index contributed by atoms with van der Waals surface area (Å²) in [7, 11) is 4.50. The molecule has 2 aromatic rings. The quantitative estimate of drug-likeness (QED) is 0.345. The average molecular weight is 577 g/mol. The fourth-order valence-electron chi connectivity index (χ4n) is 7.98. The maximum absolute atomic E-state index is 14.3. The first kappa shape index (κ1) is 29.3.